The fraction of sp³-hybridized carbons (Fsp3) is 0.938. The van der Waals surface area contributed by atoms with Crippen molar-refractivity contribution in [3.63, 3.8) is 0 Å². The monoisotopic (exact) mass is 287 g/mol. The van der Waals surface area contributed by atoms with Gasteiger partial charge >= 0.3 is 6.16 Å². The minimum atomic E-state index is -0.581. The largest absolute Gasteiger partial charge is 0.507 e. The molecule has 0 aromatic carbocycles. The van der Waals surface area contributed by atoms with Gasteiger partial charge in [-0.05, 0) is 38.8 Å². The predicted octanol–water partition coefficient (Wildman–Crippen LogP) is 4.28. The number of hydrogen-bond donors (Lipinski definition) is 1. The third kappa shape index (κ3) is 15.3. The van der Waals surface area contributed by atoms with Crippen molar-refractivity contribution in [3.8, 4) is 0 Å². The van der Waals surface area contributed by atoms with Crippen LogP contribution in [0.3, 0.4) is 0 Å². The van der Waals surface area contributed by atoms with E-state index in [1.54, 1.807) is 0 Å². The van der Waals surface area contributed by atoms with Crippen LogP contribution in [0.4, 0.5) is 4.79 Å². The molecule has 0 aliphatic carbocycles. The van der Waals surface area contributed by atoms with Crippen LogP contribution in [0.25, 0.3) is 0 Å². The molecule has 0 aromatic heterocycles. The van der Waals surface area contributed by atoms with Crippen LogP contribution in [0.15, 0.2) is 0 Å². The third-order valence-electron chi connectivity index (χ3n) is 3.34. The molecular weight excluding hydrogens is 254 g/mol. The lowest BCUT2D eigenvalue weighted by Crippen LogP contribution is -2.16. The molecular formula is C16H33NO3. The van der Waals surface area contributed by atoms with E-state index in [2.05, 4.69) is 17.0 Å². The Morgan fingerprint density at radius 1 is 0.850 bits per heavy atom. The maximum absolute atomic E-state index is 10.7. The van der Waals surface area contributed by atoms with E-state index in [0.29, 0.717) is 6.61 Å². The molecule has 0 rings (SSSR count). The van der Waals surface area contributed by atoms with Crippen LogP contribution < -0.4 is 5.32 Å². The molecule has 0 spiro atoms. The third-order valence-corrected chi connectivity index (χ3v) is 3.34. The summed E-state index contributed by atoms with van der Waals surface area (Å²) in [5.74, 6) is 0. The van der Waals surface area contributed by atoms with E-state index in [-0.39, 0.29) is 0 Å². The molecule has 0 aliphatic rings. The van der Waals surface area contributed by atoms with Crippen LogP contribution in [0.1, 0.15) is 71.1 Å². The van der Waals surface area contributed by atoms with Crippen LogP contribution >= 0.6 is 0 Å². The molecule has 4 heteroatoms. The highest BCUT2D eigenvalue weighted by Crippen LogP contribution is 2.06. The number of carbonyl (C=O) groups excluding carboxylic acids is 1. The van der Waals surface area contributed by atoms with Crippen molar-refractivity contribution in [3.05, 3.63) is 0 Å². The van der Waals surface area contributed by atoms with Crippen molar-refractivity contribution in [2.45, 2.75) is 71.1 Å². The molecule has 0 heterocycles. The Morgan fingerprint density at radius 3 is 2.00 bits per heavy atom. The molecule has 0 aliphatic heterocycles. The summed E-state index contributed by atoms with van der Waals surface area (Å²) < 4.78 is 9.20. The van der Waals surface area contributed by atoms with E-state index < -0.39 is 6.16 Å². The molecule has 0 saturated heterocycles. The summed E-state index contributed by atoms with van der Waals surface area (Å²) in [5, 5.41) is 3.47. The van der Waals surface area contributed by atoms with E-state index in [1.807, 2.05) is 0 Å². The Morgan fingerprint density at radius 2 is 1.40 bits per heavy atom. The summed E-state index contributed by atoms with van der Waals surface area (Å²) in [4.78, 5) is 10.7. The van der Waals surface area contributed by atoms with Crippen molar-refractivity contribution in [2.75, 3.05) is 26.8 Å². The fourth-order valence-corrected chi connectivity index (χ4v) is 2.08. The first-order valence-electron chi connectivity index (χ1n) is 8.22. The van der Waals surface area contributed by atoms with Crippen LogP contribution in [-0.2, 0) is 9.47 Å². The zero-order valence-corrected chi connectivity index (χ0v) is 13.4. The van der Waals surface area contributed by atoms with E-state index in [4.69, 9.17) is 4.74 Å². The van der Waals surface area contributed by atoms with E-state index in [9.17, 15) is 4.79 Å². The maximum atomic E-state index is 10.7. The lowest BCUT2D eigenvalue weighted by atomic mass is 10.1. The second-order valence-electron chi connectivity index (χ2n) is 5.23. The molecule has 0 atom stereocenters. The van der Waals surface area contributed by atoms with Crippen LogP contribution in [0.2, 0.25) is 0 Å². The zero-order valence-electron chi connectivity index (χ0n) is 13.4. The average molecular weight is 287 g/mol. The average Bonchev–Trinajstić information content (AvgIpc) is 2.47. The smallest absolute Gasteiger partial charge is 0.438 e. The molecule has 4 nitrogen and oxygen atoms in total. The summed E-state index contributed by atoms with van der Waals surface area (Å²) in [6.07, 6.45) is 12.1. The number of carbonyl (C=O) groups is 1. The summed E-state index contributed by atoms with van der Waals surface area (Å²) in [6.45, 7) is 4.91. The number of methoxy groups -OCH3 is 1. The van der Waals surface area contributed by atoms with Gasteiger partial charge in [0.25, 0.3) is 0 Å². The highest BCUT2D eigenvalue weighted by Gasteiger charge is 1.98. The Bertz CT molecular complexity index is 210. The normalized spacial score (nSPS) is 10.5. The second kappa shape index (κ2) is 16.3. The second-order valence-corrected chi connectivity index (χ2v) is 5.23. The number of rotatable bonds is 14. The van der Waals surface area contributed by atoms with Crippen molar-refractivity contribution < 1.29 is 14.3 Å². The number of unbranched alkanes of at least 4 members (excludes halogenated alkanes) is 8. The topological polar surface area (TPSA) is 47.6 Å². The van der Waals surface area contributed by atoms with Crippen LogP contribution in [0, 0.1) is 0 Å². The summed E-state index contributed by atoms with van der Waals surface area (Å²) in [7, 11) is 1.33. The Balaban J connectivity index is 2.97. The number of hydrogen-bond acceptors (Lipinski definition) is 4. The Labute approximate surface area is 124 Å². The Kier molecular flexibility index (Phi) is 15.7. The SMILES string of the molecule is CCCCCCCCCNCCCCCOC(=O)OC. The molecule has 0 bridgehead atoms. The summed E-state index contributed by atoms with van der Waals surface area (Å²) >= 11 is 0. The van der Waals surface area contributed by atoms with E-state index >= 15 is 0 Å². The van der Waals surface area contributed by atoms with Gasteiger partial charge in [0.1, 0.15) is 0 Å². The predicted molar refractivity (Wildman–Crippen MR) is 83.1 cm³/mol. The fourth-order valence-electron chi connectivity index (χ4n) is 2.08. The van der Waals surface area contributed by atoms with Gasteiger partial charge < -0.3 is 14.8 Å². The molecule has 0 unspecified atom stereocenters. The minimum absolute atomic E-state index is 0.463. The molecule has 1 N–H and O–H groups in total. The van der Waals surface area contributed by atoms with Gasteiger partial charge in [-0.3, -0.25) is 0 Å². The van der Waals surface area contributed by atoms with Gasteiger partial charge in [0, 0.05) is 0 Å². The van der Waals surface area contributed by atoms with Gasteiger partial charge in [-0.2, -0.15) is 0 Å². The minimum Gasteiger partial charge on any atom is -0.438 e. The number of ether oxygens (including phenoxy) is 2. The van der Waals surface area contributed by atoms with E-state index in [0.717, 1.165) is 32.4 Å². The van der Waals surface area contributed by atoms with Gasteiger partial charge in [0.2, 0.25) is 0 Å². The highest BCUT2D eigenvalue weighted by atomic mass is 16.7. The zero-order chi connectivity index (χ0) is 14.9. The van der Waals surface area contributed by atoms with Crippen molar-refractivity contribution in [1.82, 2.24) is 5.32 Å². The van der Waals surface area contributed by atoms with Gasteiger partial charge in [-0.15, -0.1) is 0 Å². The van der Waals surface area contributed by atoms with Crippen molar-refractivity contribution in [1.29, 1.82) is 0 Å². The van der Waals surface area contributed by atoms with Gasteiger partial charge in [0.15, 0.2) is 0 Å². The molecule has 0 amide bonds. The van der Waals surface area contributed by atoms with Gasteiger partial charge in [0.05, 0.1) is 13.7 Å². The first-order chi connectivity index (χ1) is 9.81. The highest BCUT2D eigenvalue weighted by molar-refractivity contribution is 5.59. The summed E-state index contributed by atoms with van der Waals surface area (Å²) in [6, 6.07) is 0. The molecule has 20 heavy (non-hydrogen) atoms. The molecule has 0 aromatic rings. The Hall–Kier alpha value is -0.770. The molecule has 0 saturated carbocycles. The van der Waals surface area contributed by atoms with Gasteiger partial charge in [-0.1, -0.05) is 45.4 Å². The molecule has 0 radical (unpaired) electrons. The lowest BCUT2D eigenvalue weighted by Gasteiger charge is -2.05. The van der Waals surface area contributed by atoms with Crippen molar-refractivity contribution >= 4 is 6.16 Å². The van der Waals surface area contributed by atoms with E-state index in [1.165, 1.54) is 52.1 Å². The van der Waals surface area contributed by atoms with Crippen molar-refractivity contribution in [2.24, 2.45) is 0 Å². The lowest BCUT2D eigenvalue weighted by molar-refractivity contribution is 0.0713. The van der Waals surface area contributed by atoms with Crippen LogP contribution in [-0.4, -0.2) is 33.0 Å². The summed E-state index contributed by atoms with van der Waals surface area (Å²) in [5.41, 5.74) is 0. The standard InChI is InChI=1S/C16H33NO3/c1-3-4-5-6-7-8-10-13-17-14-11-9-12-15-20-16(18)19-2/h17H,3-15H2,1-2H3. The first kappa shape index (κ1) is 19.2. The maximum Gasteiger partial charge on any atom is 0.507 e. The first-order valence-corrected chi connectivity index (χ1v) is 8.22. The van der Waals surface area contributed by atoms with Gasteiger partial charge in [-0.25, -0.2) is 4.79 Å². The molecule has 0 fully saturated rings. The quantitative estimate of drug-likeness (QED) is 0.382. The van der Waals surface area contributed by atoms with Crippen LogP contribution in [0.5, 0.6) is 0 Å². The molecule has 120 valence electrons. The number of nitrogens with one attached hydrogen (secondary N) is 1.